The van der Waals surface area contributed by atoms with E-state index in [1.807, 2.05) is 19.1 Å². The van der Waals surface area contributed by atoms with Crippen molar-refractivity contribution in [2.75, 3.05) is 25.5 Å². The van der Waals surface area contributed by atoms with Crippen molar-refractivity contribution >= 4 is 23.5 Å². The predicted octanol–water partition coefficient (Wildman–Crippen LogP) is 1.88. The maximum atomic E-state index is 12.0. The van der Waals surface area contributed by atoms with Gasteiger partial charge in [0.15, 0.2) is 6.61 Å². The minimum atomic E-state index is -0.563. The van der Waals surface area contributed by atoms with Crippen LogP contribution in [0.15, 0.2) is 48.5 Å². The molecule has 2 aromatic carbocycles. The fourth-order valence-electron chi connectivity index (χ4n) is 2.22. The van der Waals surface area contributed by atoms with Gasteiger partial charge in [-0.25, -0.2) is 0 Å². The van der Waals surface area contributed by atoms with Crippen molar-refractivity contribution in [3.63, 3.8) is 0 Å². The monoisotopic (exact) mass is 370 g/mol. The molecule has 0 saturated carbocycles. The fraction of sp³-hybridized carbons (Fsp3) is 0.250. The molecule has 142 valence electrons. The maximum absolute atomic E-state index is 12.0. The van der Waals surface area contributed by atoms with Gasteiger partial charge in [0.1, 0.15) is 5.75 Å². The summed E-state index contributed by atoms with van der Waals surface area (Å²) < 4.78 is 4.95. The SMILES string of the molecule is Cc1ccc(NC(=O)CN(C)C(=O)COC(=O)Cc2ccc(O)cc2)cc1. The van der Waals surface area contributed by atoms with Crippen LogP contribution in [0.25, 0.3) is 0 Å². The summed E-state index contributed by atoms with van der Waals surface area (Å²) in [6.45, 7) is 1.36. The molecule has 0 aromatic heterocycles. The van der Waals surface area contributed by atoms with E-state index >= 15 is 0 Å². The summed E-state index contributed by atoms with van der Waals surface area (Å²) in [7, 11) is 1.46. The van der Waals surface area contributed by atoms with E-state index in [1.54, 1.807) is 24.3 Å². The molecule has 0 unspecified atom stereocenters. The van der Waals surface area contributed by atoms with Crippen molar-refractivity contribution in [3.05, 3.63) is 59.7 Å². The molecule has 2 rings (SSSR count). The van der Waals surface area contributed by atoms with Crippen molar-refractivity contribution in [3.8, 4) is 5.75 Å². The molecule has 2 N–H and O–H groups in total. The summed E-state index contributed by atoms with van der Waals surface area (Å²) in [4.78, 5) is 37.0. The average Bonchev–Trinajstić information content (AvgIpc) is 2.63. The van der Waals surface area contributed by atoms with Gasteiger partial charge in [0.2, 0.25) is 5.91 Å². The molecule has 0 fully saturated rings. The number of benzene rings is 2. The van der Waals surface area contributed by atoms with E-state index in [2.05, 4.69) is 5.32 Å². The second-order valence-corrected chi connectivity index (χ2v) is 6.17. The standard InChI is InChI=1S/C20H22N2O5/c1-14-3-7-16(8-4-14)21-18(24)12-22(2)19(25)13-27-20(26)11-15-5-9-17(23)10-6-15/h3-10,23H,11-13H2,1-2H3,(H,21,24). The maximum Gasteiger partial charge on any atom is 0.310 e. The molecule has 0 aliphatic heterocycles. The van der Waals surface area contributed by atoms with Gasteiger partial charge in [-0.2, -0.15) is 0 Å². The summed E-state index contributed by atoms with van der Waals surface area (Å²) in [6, 6.07) is 13.4. The number of hydrogen-bond donors (Lipinski definition) is 2. The Hall–Kier alpha value is -3.35. The highest BCUT2D eigenvalue weighted by Gasteiger charge is 2.15. The molecular formula is C20H22N2O5. The van der Waals surface area contributed by atoms with Crippen molar-refractivity contribution < 1.29 is 24.2 Å². The van der Waals surface area contributed by atoms with Crippen LogP contribution in [0, 0.1) is 6.92 Å². The molecular weight excluding hydrogens is 348 g/mol. The van der Waals surface area contributed by atoms with Gasteiger partial charge in [-0.15, -0.1) is 0 Å². The van der Waals surface area contributed by atoms with E-state index in [9.17, 15) is 19.5 Å². The number of likely N-dealkylation sites (N-methyl/N-ethyl adjacent to an activating group) is 1. The molecule has 2 amide bonds. The Labute approximate surface area is 157 Å². The van der Waals surface area contributed by atoms with Crippen LogP contribution in [0.3, 0.4) is 0 Å². The first-order valence-corrected chi connectivity index (χ1v) is 8.37. The van der Waals surface area contributed by atoms with E-state index in [0.29, 0.717) is 11.3 Å². The molecule has 7 heteroatoms. The number of aromatic hydroxyl groups is 1. The first kappa shape index (κ1) is 20.0. The second kappa shape index (κ2) is 9.38. The van der Waals surface area contributed by atoms with Crippen molar-refractivity contribution in [2.24, 2.45) is 0 Å². The molecule has 0 heterocycles. The lowest BCUT2D eigenvalue weighted by Gasteiger charge is -2.17. The molecule has 7 nitrogen and oxygen atoms in total. The van der Waals surface area contributed by atoms with Gasteiger partial charge in [0.25, 0.3) is 5.91 Å². The lowest BCUT2D eigenvalue weighted by molar-refractivity contribution is -0.151. The first-order chi connectivity index (χ1) is 12.8. The van der Waals surface area contributed by atoms with E-state index in [4.69, 9.17) is 4.74 Å². The highest BCUT2D eigenvalue weighted by molar-refractivity contribution is 5.94. The van der Waals surface area contributed by atoms with Crippen LogP contribution in [0.1, 0.15) is 11.1 Å². The summed E-state index contributed by atoms with van der Waals surface area (Å²) >= 11 is 0. The lowest BCUT2D eigenvalue weighted by Crippen LogP contribution is -2.37. The molecule has 0 aliphatic carbocycles. The molecule has 0 atom stereocenters. The van der Waals surface area contributed by atoms with E-state index in [1.165, 1.54) is 24.1 Å². The zero-order valence-corrected chi connectivity index (χ0v) is 15.3. The van der Waals surface area contributed by atoms with Crippen LogP contribution in [0.4, 0.5) is 5.69 Å². The molecule has 0 spiro atoms. The van der Waals surface area contributed by atoms with Crippen LogP contribution in [0.5, 0.6) is 5.75 Å². The Morgan fingerprint density at radius 3 is 2.30 bits per heavy atom. The van der Waals surface area contributed by atoms with Crippen LogP contribution in [-0.2, 0) is 25.5 Å². The number of phenolic OH excluding ortho intramolecular Hbond substituents is 1. The third-order valence-electron chi connectivity index (χ3n) is 3.78. The average molecular weight is 370 g/mol. The zero-order chi connectivity index (χ0) is 19.8. The number of phenols is 1. The molecule has 0 bridgehead atoms. The van der Waals surface area contributed by atoms with Crippen molar-refractivity contribution in [2.45, 2.75) is 13.3 Å². The van der Waals surface area contributed by atoms with E-state index in [0.717, 1.165) is 5.56 Å². The predicted molar refractivity (Wildman–Crippen MR) is 100 cm³/mol. The molecule has 0 aliphatic rings. The van der Waals surface area contributed by atoms with Crippen LogP contribution in [-0.4, -0.2) is 48.0 Å². The van der Waals surface area contributed by atoms with Gasteiger partial charge in [0.05, 0.1) is 13.0 Å². The van der Waals surface area contributed by atoms with E-state index in [-0.39, 0.29) is 24.6 Å². The zero-order valence-electron chi connectivity index (χ0n) is 15.3. The number of carbonyl (C=O) groups is 3. The number of carbonyl (C=O) groups excluding carboxylic acids is 3. The Kier molecular flexibility index (Phi) is 6.93. The Balaban J connectivity index is 1.74. The van der Waals surface area contributed by atoms with Gasteiger partial charge in [-0.3, -0.25) is 14.4 Å². The number of anilines is 1. The Morgan fingerprint density at radius 2 is 1.67 bits per heavy atom. The number of amides is 2. The lowest BCUT2D eigenvalue weighted by atomic mass is 10.1. The summed E-state index contributed by atoms with van der Waals surface area (Å²) in [6.07, 6.45) is -0.00875. The minimum absolute atomic E-state index is 0.00875. The molecule has 2 aromatic rings. The number of rotatable bonds is 7. The summed E-state index contributed by atoms with van der Waals surface area (Å²) in [5.74, 6) is -1.28. The largest absolute Gasteiger partial charge is 0.508 e. The normalized spacial score (nSPS) is 10.1. The highest BCUT2D eigenvalue weighted by Crippen LogP contribution is 2.10. The molecule has 27 heavy (non-hydrogen) atoms. The minimum Gasteiger partial charge on any atom is -0.508 e. The fourth-order valence-corrected chi connectivity index (χ4v) is 2.22. The van der Waals surface area contributed by atoms with Crippen molar-refractivity contribution in [1.82, 2.24) is 4.90 Å². The third-order valence-corrected chi connectivity index (χ3v) is 3.78. The second-order valence-electron chi connectivity index (χ2n) is 6.17. The van der Waals surface area contributed by atoms with Crippen molar-refractivity contribution in [1.29, 1.82) is 0 Å². The van der Waals surface area contributed by atoms with Gasteiger partial charge < -0.3 is 20.1 Å². The molecule has 0 radical (unpaired) electrons. The van der Waals surface area contributed by atoms with E-state index < -0.39 is 18.5 Å². The molecule has 0 saturated heterocycles. The smallest absolute Gasteiger partial charge is 0.310 e. The number of esters is 1. The number of ether oxygens (including phenoxy) is 1. The summed E-state index contributed by atoms with van der Waals surface area (Å²) in [5, 5.41) is 11.9. The van der Waals surface area contributed by atoms with Gasteiger partial charge in [-0.1, -0.05) is 29.8 Å². The third kappa shape index (κ3) is 6.81. The van der Waals surface area contributed by atoms with Crippen LogP contribution in [0.2, 0.25) is 0 Å². The van der Waals surface area contributed by atoms with Gasteiger partial charge >= 0.3 is 5.97 Å². The number of hydrogen-bond acceptors (Lipinski definition) is 5. The van der Waals surface area contributed by atoms with Gasteiger partial charge in [0, 0.05) is 12.7 Å². The summed E-state index contributed by atoms with van der Waals surface area (Å²) in [5.41, 5.74) is 2.39. The quantitative estimate of drug-likeness (QED) is 0.726. The number of nitrogens with zero attached hydrogens (tertiary/aromatic N) is 1. The Morgan fingerprint density at radius 1 is 1.04 bits per heavy atom. The highest BCUT2D eigenvalue weighted by atomic mass is 16.5. The van der Waals surface area contributed by atoms with Gasteiger partial charge in [-0.05, 0) is 36.8 Å². The number of nitrogens with one attached hydrogen (secondary N) is 1. The number of aryl methyl sites for hydroxylation is 1. The topological polar surface area (TPSA) is 95.9 Å². The van der Waals surface area contributed by atoms with Crippen LogP contribution < -0.4 is 5.32 Å². The first-order valence-electron chi connectivity index (χ1n) is 8.37. The van der Waals surface area contributed by atoms with Crippen LogP contribution >= 0.6 is 0 Å². The Bertz CT molecular complexity index is 800.